The number of anilines is 1. The lowest BCUT2D eigenvalue weighted by atomic mass is 10.1. The van der Waals surface area contributed by atoms with Gasteiger partial charge in [0.2, 0.25) is 11.7 Å². The lowest BCUT2D eigenvalue weighted by Crippen LogP contribution is -2.09. The van der Waals surface area contributed by atoms with E-state index >= 15 is 0 Å². The van der Waals surface area contributed by atoms with Gasteiger partial charge in [-0.05, 0) is 29.8 Å². The predicted octanol–water partition coefficient (Wildman–Crippen LogP) is 5.08. The Hall–Kier alpha value is -4.59. The van der Waals surface area contributed by atoms with Crippen molar-refractivity contribution < 1.29 is 23.5 Å². The third-order valence-electron chi connectivity index (χ3n) is 5.01. The molecule has 0 saturated heterocycles. The summed E-state index contributed by atoms with van der Waals surface area (Å²) in [6.07, 6.45) is 3.14. The summed E-state index contributed by atoms with van der Waals surface area (Å²) >= 11 is 0. The van der Waals surface area contributed by atoms with Gasteiger partial charge in [0.25, 0.3) is 5.89 Å². The monoisotopic (exact) mass is 457 g/mol. The van der Waals surface area contributed by atoms with E-state index in [9.17, 15) is 4.79 Å². The zero-order valence-corrected chi connectivity index (χ0v) is 18.9. The van der Waals surface area contributed by atoms with Crippen LogP contribution in [0.15, 0.2) is 77.3 Å². The Morgan fingerprint density at radius 3 is 2.29 bits per heavy atom. The number of amides is 1. The summed E-state index contributed by atoms with van der Waals surface area (Å²) in [5.41, 5.74) is 2.60. The first-order valence-electron chi connectivity index (χ1n) is 10.4. The van der Waals surface area contributed by atoms with Crippen LogP contribution in [0.4, 0.5) is 5.69 Å². The van der Waals surface area contributed by atoms with Crippen LogP contribution in [0.5, 0.6) is 17.2 Å². The Morgan fingerprint density at radius 1 is 0.912 bits per heavy atom. The minimum absolute atomic E-state index is 0.231. The molecule has 0 atom stereocenters. The maximum Gasteiger partial charge on any atom is 0.260 e. The molecule has 4 aromatic rings. The van der Waals surface area contributed by atoms with E-state index < -0.39 is 0 Å². The van der Waals surface area contributed by atoms with E-state index in [2.05, 4.69) is 15.5 Å². The van der Waals surface area contributed by atoms with Crippen molar-refractivity contribution in [3.05, 3.63) is 78.4 Å². The number of aromatic nitrogens is 2. The lowest BCUT2D eigenvalue weighted by Gasteiger charge is -2.13. The van der Waals surface area contributed by atoms with E-state index in [0.717, 1.165) is 16.9 Å². The fourth-order valence-electron chi connectivity index (χ4n) is 3.26. The molecule has 0 bridgehead atoms. The van der Waals surface area contributed by atoms with Crippen LogP contribution in [-0.2, 0) is 4.79 Å². The molecule has 1 N–H and O–H groups in total. The molecular formula is C26H23N3O5. The van der Waals surface area contributed by atoms with Crippen molar-refractivity contribution in [2.45, 2.75) is 0 Å². The fraction of sp³-hybridized carbons (Fsp3) is 0.115. The smallest absolute Gasteiger partial charge is 0.260 e. The van der Waals surface area contributed by atoms with E-state index in [1.54, 1.807) is 25.3 Å². The van der Waals surface area contributed by atoms with E-state index in [1.807, 2.05) is 54.6 Å². The van der Waals surface area contributed by atoms with Gasteiger partial charge in [0.05, 0.1) is 32.6 Å². The summed E-state index contributed by atoms with van der Waals surface area (Å²) in [4.78, 5) is 17.2. The molecule has 1 aromatic heterocycles. The minimum atomic E-state index is -0.341. The molecule has 1 heterocycles. The highest BCUT2D eigenvalue weighted by Crippen LogP contribution is 2.38. The van der Waals surface area contributed by atoms with Crippen molar-refractivity contribution in [2.24, 2.45) is 0 Å². The van der Waals surface area contributed by atoms with Gasteiger partial charge in [0.1, 0.15) is 5.75 Å². The Kier molecular flexibility index (Phi) is 6.88. The molecule has 0 unspecified atom stereocenters. The predicted molar refractivity (Wildman–Crippen MR) is 129 cm³/mol. The molecule has 0 saturated carbocycles. The van der Waals surface area contributed by atoms with Crippen molar-refractivity contribution in [2.75, 3.05) is 26.6 Å². The van der Waals surface area contributed by atoms with Gasteiger partial charge in [0, 0.05) is 17.7 Å². The number of nitrogens with one attached hydrogen (secondary N) is 1. The van der Waals surface area contributed by atoms with Crippen molar-refractivity contribution >= 4 is 17.7 Å². The Morgan fingerprint density at radius 2 is 1.62 bits per heavy atom. The Balaban J connectivity index is 1.64. The number of hydrogen-bond donors (Lipinski definition) is 1. The highest BCUT2D eigenvalue weighted by Gasteiger charge is 2.19. The molecule has 8 heteroatoms. The van der Waals surface area contributed by atoms with Crippen LogP contribution >= 0.6 is 0 Å². The SMILES string of the molecule is COc1ccc(/C=C/C(=O)Nc2cc(OC)c(OC)cc2-c2nc(-c3ccccc3)no2)cc1. The summed E-state index contributed by atoms with van der Waals surface area (Å²) in [5, 5.41) is 6.94. The van der Waals surface area contributed by atoms with E-state index in [1.165, 1.54) is 20.3 Å². The van der Waals surface area contributed by atoms with Gasteiger partial charge in [0.15, 0.2) is 11.5 Å². The second-order valence-electron chi connectivity index (χ2n) is 7.14. The molecule has 0 aliphatic heterocycles. The number of carbonyl (C=O) groups is 1. The fourth-order valence-corrected chi connectivity index (χ4v) is 3.26. The molecule has 3 aromatic carbocycles. The molecule has 0 spiro atoms. The number of ether oxygens (including phenoxy) is 3. The number of hydrogen-bond acceptors (Lipinski definition) is 7. The maximum absolute atomic E-state index is 12.7. The first-order valence-corrected chi connectivity index (χ1v) is 10.4. The van der Waals surface area contributed by atoms with Gasteiger partial charge >= 0.3 is 0 Å². The average molecular weight is 457 g/mol. The third kappa shape index (κ3) is 5.07. The molecule has 172 valence electrons. The van der Waals surface area contributed by atoms with Crippen LogP contribution in [-0.4, -0.2) is 37.4 Å². The van der Waals surface area contributed by atoms with Gasteiger partial charge in [-0.1, -0.05) is 47.6 Å². The third-order valence-corrected chi connectivity index (χ3v) is 5.01. The molecule has 8 nitrogen and oxygen atoms in total. The zero-order valence-electron chi connectivity index (χ0n) is 18.9. The summed E-state index contributed by atoms with van der Waals surface area (Å²) < 4.78 is 21.5. The minimum Gasteiger partial charge on any atom is -0.497 e. The normalized spacial score (nSPS) is 10.8. The van der Waals surface area contributed by atoms with Crippen molar-refractivity contribution in [1.29, 1.82) is 0 Å². The standard InChI is InChI=1S/C26H23N3O5/c1-31-19-12-9-17(10-13-19)11-14-24(30)27-21-16-23(33-3)22(32-2)15-20(21)26-28-25(29-34-26)18-7-5-4-6-8-18/h4-16H,1-3H3,(H,27,30)/b14-11+. The van der Waals surface area contributed by atoms with Crippen LogP contribution < -0.4 is 19.5 Å². The Bertz CT molecular complexity index is 1300. The quantitative estimate of drug-likeness (QED) is 0.369. The number of benzene rings is 3. The van der Waals surface area contributed by atoms with Gasteiger partial charge in [-0.2, -0.15) is 4.98 Å². The van der Waals surface area contributed by atoms with Gasteiger partial charge in [-0.3, -0.25) is 4.79 Å². The largest absolute Gasteiger partial charge is 0.497 e. The maximum atomic E-state index is 12.7. The van der Waals surface area contributed by atoms with Crippen LogP contribution in [0.1, 0.15) is 5.56 Å². The molecule has 0 aliphatic carbocycles. The molecular weight excluding hydrogens is 434 g/mol. The van der Waals surface area contributed by atoms with Crippen molar-refractivity contribution in [3.63, 3.8) is 0 Å². The van der Waals surface area contributed by atoms with E-state index in [4.69, 9.17) is 18.7 Å². The summed E-state index contributed by atoms with van der Waals surface area (Å²) in [6, 6.07) is 20.2. The summed E-state index contributed by atoms with van der Waals surface area (Å²) in [7, 11) is 4.65. The molecule has 0 aliphatic rings. The second kappa shape index (κ2) is 10.4. The van der Waals surface area contributed by atoms with E-state index in [-0.39, 0.29) is 11.8 Å². The zero-order chi connectivity index (χ0) is 23.9. The number of methoxy groups -OCH3 is 3. The van der Waals surface area contributed by atoms with Crippen LogP contribution in [0, 0.1) is 0 Å². The molecule has 34 heavy (non-hydrogen) atoms. The number of carbonyl (C=O) groups excluding carboxylic acids is 1. The van der Waals surface area contributed by atoms with Crippen LogP contribution in [0.25, 0.3) is 28.9 Å². The topological polar surface area (TPSA) is 95.7 Å². The van der Waals surface area contributed by atoms with Gasteiger partial charge in [-0.15, -0.1) is 0 Å². The van der Waals surface area contributed by atoms with Crippen molar-refractivity contribution in [3.8, 4) is 40.1 Å². The highest BCUT2D eigenvalue weighted by molar-refractivity contribution is 6.04. The van der Waals surface area contributed by atoms with Gasteiger partial charge in [-0.25, -0.2) is 0 Å². The highest BCUT2D eigenvalue weighted by atomic mass is 16.5. The number of nitrogens with zero attached hydrogens (tertiary/aromatic N) is 2. The lowest BCUT2D eigenvalue weighted by molar-refractivity contribution is -0.111. The molecule has 0 fully saturated rings. The number of rotatable bonds is 8. The van der Waals surface area contributed by atoms with Crippen LogP contribution in [0.3, 0.4) is 0 Å². The summed E-state index contributed by atoms with van der Waals surface area (Å²) in [5.74, 6) is 1.97. The van der Waals surface area contributed by atoms with Crippen molar-refractivity contribution in [1.82, 2.24) is 10.1 Å². The first-order chi connectivity index (χ1) is 16.6. The van der Waals surface area contributed by atoms with Gasteiger partial charge < -0.3 is 24.1 Å². The molecule has 4 rings (SSSR count). The molecule has 0 radical (unpaired) electrons. The molecule has 1 amide bonds. The first kappa shape index (κ1) is 22.6. The average Bonchev–Trinajstić information content (AvgIpc) is 3.38. The summed E-state index contributed by atoms with van der Waals surface area (Å²) in [6.45, 7) is 0. The van der Waals surface area contributed by atoms with E-state index in [0.29, 0.717) is 28.6 Å². The Labute approximate surface area is 196 Å². The van der Waals surface area contributed by atoms with Crippen LogP contribution in [0.2, 0.25) is 0 Å². The second-order valence-corrected chi connectivity index (χ2v) is 7.14.